The van der Waals surface area contributed by atoms with E-state index < -0.39 is 23.8 Å². The summed E-state index contributed by atoms with van der Waals surface area (Å²) in [4.78, 5) is 51.4. The van der Waals surface area contributed by atoms with E-state index in [1.807, 2.05) is 13.0 Å². The molecule has 5 amide bonds. The number of ether oxygens (including phenoxy) is 3. The second kappa shape index (κ2) is 12.1. The summed E-state index contributed by atoms with van der Waals surface area (Å²) in [6.07, 6.45) is 1.28. The fourth-order valence-corrected chi connectivity index (χ4v) is 4.01. The molecule has 0 radical (unpaired) electrons. The van der Waals surface area contributed by atoms with E-state index in [0.29, 0.717) is 23.6 Å². The number of rotatable bonds is 9. The lowest BCUT2D eigenvalue weighted by Gasteiger charge is -2.26. The van der Waals surface area contributed by atoms with Crippen LogP contribution < -0.4 is 29.7 Å². The van der Waals surface area contributed by atoms with E-state index >= 15 is 0 Å². The Bertz CT molecular complexity index is 1440. The summed E-state index contributed by atoms with van der Waals surface area (Å²) < 4.78 is 16.4. The van der Waals surface area contributed by atoms with Gasteiger partial charge in [0.05, 0.1) is 24.4 Å². The molecule has 200 valence electrons. The van der Waals surface area contributed by atoms with Crippen LogP contribution in [0.15, 0.2) is 72.3 Å². The molecule has 11 heteroatoms. The van der Waals surface area contributed by atoms with Crippen molar-refractivity contribution in [1.29, 1.82) is 0 Å². The molecule has 1 aliphatic rings. The fraction of sp³-hybridized carbons (Fsp3) is 0.143. The number of methoxy groups -OCH3 is 1. The van der Waals surface area contributed by atoms with Gasteiger partial charge >= 0.3 is 6.03 Å². The number of benzene rings is 3. The van der Waals surface area contributed by atoms with Gasteiger partial charge in [-0.25, -0.2) is 9.69 Å². The summed E-state index contributed by atoms with van der Waals surface area (Å²) in [5.41, 5.74) is 0.904. The average Bonchev–Trinajstić information content (AvgIpc) is 2.91. The van der Waals surface area contributed by atoms with Crippen molar-refractivity contribution >= 4 is 52.8 Å². The Balaban J connectivity index is 1.55. The molecule has 0 unspecified atom stereocenters. The van der Waals surface area contributed by atoms with Crippen molar-refractivity contribution in [3.8, 4) is 17.2 Å². The number of urea groups is 1. The van der Waals surface area contributed by atoms with Crippen LogP contribution in [0.5, 0.6) is 17.2 Å². The zero-order chi connectivity index (χ0) is 27.9. The standard InChI is InChI=1S/C28H24ClN3O7/c1-3-38-20-11-9-19(10-12-20)32-27(35)21(26(34)31-28(32)36)13-17-14-22(29)25(23(15-17)37-2)39-16-24(33)30-18-7-5-4-6-8-18/h4-15H,3,16H2,1-2H3,(H,30,33)(H,31,34,36)/b21-13+. The quantitative estimate of drug-likeness (QED) is 0.299. The van der Waals surface area contributed by atoms with Crippen LogP contribution in [-0.2, 0) is 14.4 Å². The zero-order valence-electron chi connectivity index (χ0n) is 21.0. The summed E-state index contributed by atoms with van der Waals surface area (Å²) in [6, 6.07) is 17.2. The molecule has 1 aliphatic heterocycles. The van der Waals surface area contributed by atoms with Gasteiger partial charge < -0.3 is 19.5 Å². The minimum Gasteiger partial charge on any atom is -0.494 e. The molecule has 0 aliphatic carbocycles. The van der Waals surface area contributed by atoms with Crippen LogP contribution in [0.25, 0.3) is 6.08 Å². The Morgan fingerprint density at radius 2 is 1.74 bits per heavy atom. The normalized spacial score (nSPS) is 14.2. The Morgan fingerprint density at radius 1 is 1.03 bits per heavy atom. The average molecular weight is 550 g/mol. The number of barbiturate groups is 1. The molecule has 3 aromatic carbocycles. The number of halogens is 1. The molecule has 0 bridgehead atoms. The van der Waals surface area contributed by atoms with Crippen LogP contribution in [0, 0.1) is 0 Å². The van der Waals surface area contributed by atoms with Crippen LogP contribution >= 0.6 is 11.6 Å². The molecule has 1 fully saturated rings. The number of hydrogen-bond donors (Lipinski definition) is 2. The van der Waals surface area contributed by atoms with E-state index in [1.165, 1.54) is 37.5 Å². The maximum Gasteiger partial charge on any atom is 0.335 e. The number of imide groups is 2. The third kappa shape index (κ3) is 6.36. The third-order valence-electron chi connectivity index (χ3n) is 5.48. The number of hydrogen-bond acceptors (Lipinski definition) is 7. The summed E-state index contributed by atoms with van der Waals surface area (Å²) in [6.45, 7) is 1.95. The van der Waals surface area contributed by atoms with E-state index in [4.69, 9.17) is 25.8 Å². The third-order valence-corrected chi connectivity index (χ3v) is 5.76. The highest BCUT2D eigenvalue weighted by atomic mass is 35.5. The first-order valence-electron chi connectivity index (χ1n) is 11.8. The molecule has 1 saturated heterocycles. The van der Waals surface area contributed by atoms with Crippen LogP contribution in [0.1, 0.15) is 12.5 Å². The molecule has 39 heavy (non-hydrogen) atoms. The first kappa shape index (κ1) is 27.2. The second-order valence-corrected chi connectivity index (χ2v) is 8.53. The summed E-state index contributed by atoms with van der Waals surface area (Å²) >= 11 is 6.41. The van der Waals surface area contributed by atoms with Crippen molar-refractivity contribution in [1.82, 2.24) is 5.32 Å². The fourth-order valence-electron chi connectivity index (χ4n) is 3.74. The van der Waals surface area contributed by atoms with Crippen molar-refractivity contribution < 1.29 is 33.4 Å². The number of anilines is 2. The van der Waals surface area contributed by atoms with Gasteiger partial charge in [0, 0.05) is 5.69 Å². The highest BCUT2D eigenvalue weighted by molar-refractivity contribution is 6.39. The number of nitrogens with one attached hydrogen (secondary N) is 2. The van der Waals surface area contributed by atoms with Crippen molar-refractivity contribution in [3.63, 3.8) is 0 Å². The summed E-state index contributed by atoms with van der Waals surface area (Å²) in [5.74, 6) is -1.24. The topological polar surface area (TPSA) is 123 Å². The van der Waals surface area contributed by atoms with Gasteiger partial charge in [0.2, 0.25) is 0 Å². The van der Waals surface area contributed by atoms with Gasteiger partial charge in [-0.2, -0.15) is 0 Å². The summed E-state index contributed by atoms with van der Waals surface area (Å²) in [7, 11) is 1.38. The second-order valence-electron chi connectivity index (χ2n) is 8.12. The maximum absolute atomic E-state index is 13.2. The SMILES string of the molecule is CCOc1ccc(N2C(=O)NC(=O)/C(=C\c3cc(Cl)c(OCC(=O)Nc4ccccc4)c(OC)c3)C2=O)cc1. The lowest BCUT2D eigenvalue weighted by atomic mass is 10.1. The molecule has 2 N–H and O–H groups in total. The molecule has 0 atom stereocenters. The van der Waals surface area contributed by atoms with Crippen LogP contribution in [0.3, 0.4) is 0 Å². The zero-order valence-corrected chi connectivity index (χ0v) is 21.8. The minimum absolute atomic E-state index is 0.0804. The van der Waals surface area contributed by atoms with Gasteiger partial charge in [0.25, 0.3) is 17.7 Å². The molecule has 4 rings (SSSR count). The number of para-hydroxylation sites is 1. The van der Waals surface area contributed by atoms with E-state index in [2.05, 4.69) is 10.6 Å². The smallest absolute Gasteiger partial charge is 0.335 e. The van der Waals surface area contributed by atoms with E-state index in [-0.39, 0.29) is 34.4 Å². The van der Waals surface area contributed by atoms with Gasteiger partial charge in [0.15, 0.2) is 18.1 Å². The van der Waals surface area contributed by atoms with Crippen molar-refractivity contribution in [3.05, 3.63) is 82.9 Å². The highest BCUT2D eigenvalue weighted by Gasteiger charge is 2.37. The predicted octanol–water partition coefficient (Wildman–Crippen LogP) is 4.43. The lowest BCUT2D eigenvalue weighted by molar-refractivity contribution is -0.122. The van der Waals surface area contributed by atoms with Gasteiger partial charge in [-0.15, -0.1) is 0 Å². The molecular weight excluding hydrogens is 526 g/mol. The summed E-state index contributed by atoms with van der Waals surface area (Å²) in [5, 5.41) is 4.95. The van der Waals surface area contributed by atoms with Crippen LogP contribution in [0.2, 0.25) is 5.02 Å². The van der Waals surface area contributed by atoms with Crippen molar-refractivity contribution in [2.24, 2.45) is 0 Å². The van der Waals surface area contributed by atoms with Gasteiger partial charge in [-0.3, -0.25) is 19.7 Å². The monoisotopic (exact) mass is 549 g/mol. The Morgan fingerprint density at radius 3 is 2.41 bits per heavy atom. The van der Waals surface area contributed by atoms with E-state index in [9.17, 15) is 19.2 Å². The predicted molar refractivity (Wildman–Crippen MR) is 145 cm³/mol. The van der Waals surface area contributed by atoms with Crippen molar-refractivity contribution in [2.45, 2.75) is 6.92 Å². The lowest BCUT2D eigenvalue weighted by Crippen LogP contribution is -2.54. The van der Waals surface area contributed by atoms with Crippen molar-refractivity contribution in [2.75, 3.05) is 30.5 Å². The molecule has 3 aromatic rings. The largest absolute Gasteiger partial charge is 0.494 e. The molecule has 0 spiro atoms. The first-order chi connectivity index (χ1) is 18.8. The Hall–Kier alpha value is -4.83. The van der Waals surface area contributed by atoms with E-state index in [1.54, 1.807) is 36.4 Å². The first-order valence-corrected chi connectivity index (χ1v) is 12.2. The van der Waals surface area contributed by atoms with E-state index in [0.717, 1.165) is 4.90 Å². The number of amides is 5. The Kier molecular flexibility index (Phi) is 8.47. The van der Waals surface area contributed by atoms with Crippen LogP contribution in [0.4, 0.5) is 16.2 Å². The number of nitrogens with zero attached hydrogens (tertiary/aromatic N) is 1. The number of carbonyl (C=O) groups excluding carboxylic acids is 4. The molecular formula is C28H24ClN3O7. The minimum atomic E-state index is -0.876. The maximum atomic E-state index is 13.2. The molecule has 0 saturated carbocycles. The molecule has 1 heterocycles. The van der Waals surface area contributed by atoms with Gasteiger partial charge in [0.1, 0.15) is 11.3 Å². The Labute approximate surface area is 229 Å². The highest BCUT2D eigenvalue weighted by Crippen LogP contribution is 2.37. The van der Waals surface area contributed by atoms with Crippen LogP contribution in [-0.4, -0.2) is 44.1 Å². The molecule has 10 nitrogen and oxygen atoms in total. The number of carbonyl (C=O) groups is 4. The van der Waals surface area contributed by atoms with Gasteiger partial charge in [-0.05, 0) is 67.1 Å². The van der Waals surface area contributed by atoms with Gasteiger partial charge in [-0.1, -0.05) is 29.8 Å². The molecule has 0 aromatic heterocycles.